The molecule has 2 fully saturated rings. The van der Waals surface area contributed by atoms with Crippen molar-refractivity contribution in [3.8, 4) is 0 Å². The molecule has 0 unspecified atom stereocenters. The lowest BCUT2D eigenvalue weighted by atomic mass is 10.1. The summed E-state index contributed by atoms with van der Waals surface area (Å²) in [6.45, 7) is 6.22. The van der Waals surface area contributed by atoms with Crippen molar-refractivity contribution >= 4 is 17.3 Å². The first-order valence-electron chi connectivity index (χ1n) is 9.68. The van der Waals surface area contributed by atoms with Gasteiger partial charge in [0, 0.05) is 32.6 Å². The van der Waals surface area contributed by atoms with Crippen molar-refractivity contribution < 1.29 is 4.79 Å². The number of nitrogens with zero attached hydrogens (tertiary/aromatic N) is 3. The molecule has 4 rings (SSSR count). The SMILES string of the molecule is O=C(CCN1CCCCC1)N1CCN(CC2CC2)c2ccccc21. The summed E-state index contributed by atoms with van der Waals surface area (Å²) in [5.41, 5.74) is 2.37. The van der Waals surface area contributed by atoms with Crippen LogP contribution < -0.4 is 9.80 Å². The van der Waals surface area contributed by atoms with Gasteiger partial charge in [0.15, 0.2) is 0 Å². The minimum Gasteiger partial charge on any atom is -0.368 e. The summed E-state index contributed by atoms with van der Waals surface area (Å²) in [6, 6.07) is 8.46. The van der Waals surface area contributed by atoms with Crippen LogP contribution in [-0.4, -0.2) is 50.1 Å². The fourth-order valence-electron chi connectivity index (χ4n) is 4.05. The number of piperidine rings is 1. The predicted octanol–water partition coefficient (Wildman–Crippen LogP) is 3.13. The molecule has 24 heavy (non-hydrogen) atoms. The fourth-order valence-corrected chi connectivity index (χ4v) is 4.05. The van der Waals surface area contributed by atoms with Crippen LogP contribution in [0.15, 0.2) is 24.3 Å². The van der Waals surface area contributed by atoms with Gasteiger partial charge in [0.05, 0.1) is 11.4 Å². The minimum atomic E-state index is 0.291. The highest BCUT2D eigenvalue weighted by Crippen LogP contribution is 2.37. The third-order valence-electron chi connectivity index (χ3n) is 5.67. The highest BCUT2D eigenvalue weighted by molar-refractivity contribution is 5.98. The van der Waals surface area contributed by atoms with Crippen LogP contribution in [0.4, 0.5) is 11.4 Å². The van der Waals surface area contributed by atoms with Crippen LogP contribution in [0.2, 0.25) is 0 Å². The molecule has 1 aromatic carbocycles. The van der Waals surface area contributed by atoms with E-state index in [-0.39, 0.29) is 0 Å². The van der Waals surface area contributed by atoms with Crippen LogP contribution in [0, 0.1) is 5.92 Å². The van der Waals surface area contributed by atoms with Crippen LogP contribution >= 0.6 is 0 Å². The topological polar surface area (TPSA) is 26.8 Å². The van der Waals surface area contributed by atoms with Crippen LogP contribution in [0.25, 0.3) is 0 Å². The second-order valence-corrected chi connectivity index (χ2v) is 7.58. The number of benzene rings is 1. The number of carbonyl (C=O) groups excluding carboxylic acids is 1. The zero-order chi connectivity index (χ0) is 16.4. The number of likely N-dealkylation sites (tertiary alicyclic amines) is 1. The summed E-state index contributed by atoms with van der Waals surface area (Å²) in [5.74, 6) is 1.17. The molecule has 0 radical (unpaired) electrons. The number of hydrogen-bond donors (Lipinski definition) is 0. The molecular weight excluding hydrogens is 298 g/mol. The third kappa shape index (κ3) is 3.59. The molecule has 1 saturated heterocycles. The largest absolute Gasteiger partial charge is 0.368 e. The van der Waals surface area contributed by atoms with E-state index in [0.717, 1.165) is 37.8 Å². The molecule has 1 aromatic rings. The molecule has 0 aromatic heterocycles. The predicted molar refractivity (Wildman–Crippen MR) is 98.6 cm³/mol. The van der Waals surface area contributed by atoms with Crippen LogP contribution in [0.3, 0.4) is 0 Å². The van der Waals surface area contributed by atoms with E-state index in [1.165, 1.54) is 50.9 Å². The van der Waals surface area contributed by atoms with Crippen molar-refractivity contribution in [3.63, 3.8) is 0 Å². The molecule has 2 heterocycles. The number of para-hydroxylation sites is 2. The molecule has 0 N–H and O–H groups in total. The van der Waals surface area contributed by atoms with Gasteiger partial charge >= 0.3 is 0 Å². The van der Waals surface area contributed by atoms with Crippen molar-refractivity contribution in [3.05, 3.63) is 24.3 Å². The second kappa shape index (κ2) is 7.14. The smallest absolute Gasteiger partial charge is 0.228 e. The molecule has 4 nitrogen and oxygen atoms in total. The molecule has 0 bridgehead atoms. The lowest BCUT2D eigenvalue weighted by Gasteiger charge is -2.38. The summed E-state index contributed by atoms with van der Waals surface area (Å²) in [5, 5.41) is 0. The Kier molecular flexibility index (Phi) is 4.74. The van der Waals surface area contributed by atoms with E-state index in [1.807, 2.05) is 4.90 Å². The van der Waals surface area contributed by atoms with E-state index >= 15 is 0 Å². The standard InChI is InChI=1S/C20H29N3O/c24-20(10-13-21-11-4-1-5-12-21)23-15-14-22(16-17-8-9-17)18-6-2-3-7-19(18)23/h2-3,6-7,17H,1,4-5,8-16H2. The zero-order valence-corrected chi connectivity index (χ0v) is 14.6. The minimum absolute atomic E-state index is 0.291. The van der Waals surface area contributed by atoms with Crippen molar-refractivity contribution in [2.75, 3.05) is 49.1 Å². The Morgan fingerprint density at radius 3 is 2.46 bits per heavy atom. The number of amides is 1. The van der Waals surface area contributed by atoms with Gasteiger partial charge in [-0.3, -0.25) is 4.79 Å². The lowest BCUT2D eigenvalue weighted by Crippen LogP contribution is -2.45. The molecule has 3 aliphatic rings. The molecule has 1 saturated carbocycles. The van der Waals surface area contributed by atoms with Crippen LogP contribution in [0.1, 0.15) is 38.5 Å². The summed E-state index contributed by atoms with van der Waals surface area (Å²) in [7, 11) is 0. The van der Waals surface area contributed by atoms with Crippen molar-refractivity contribution in [1.82, 2.24) is 4.90 Å². The Morgan fingerprint density at radius 1 is 0.958 bits per heavy atom. The second-order valence-electron chi connectivity index (χ2n) is 7.58. The molecular formula is C20H29N3O. The summed E-state index contributed by atoms with van der Waals surface area (Å²) in [4.78, 5) is 19.8. The average Bonchev–Trinajstić information content (AvgIpc) is 3.45. The van der Waals surface area contributed by atoms with Crippen LogP contribution in [-0.2, 0) is 4.79 Å². The van der Waals surface area contributed by atoms with Gasteiger partial charge in [-0.2, -0.15) is 0 Å². The summed E-state index contributed by atoms with van der Waals surface area (Å²) >= 11 is 0. The van der Waals surface area contributed by atoms with E-state index in [0.29, 0.717) is 12.3 Å². The maximum absolute atomic E-state index is 12.8. The maximum atomic E-state index is 12.8. The molecule has 1 amide bonds. The number of fused-ring (bicyclic) bond motifs is 1. The van der Waals surface area contributed by atoms with Gasteiger partial charge < -0.3 is 14.7 Å². The molecule has 1 aliphatic carbocycles. The molecule has 2 aliphatic heterocycles. The van der Waals surface area contributed by atoms with Crippen molar-refractivity contribution in [1.29, 1.82) is 0 Å². The average molecular weight is 327 g/mol. The monoisotopic (exact) mass is 327 g/mol. The van der Waals surface area contributed by atoms with Crippen molar-refractivity contribution in [2.24, 2.45) is 5.92 Å². The first kappa shape index (κ1) is 15.9. The number of carbonyl (C=O) groups is 1. The lowest BCUT2D eigenvalue weighted by molar-refractivity contribution is -0.119. The van der Waals surface area contributed by atoms with E-state index in [1.54, 1.807) is 0 Å². The van der Waals surface area contributed by atoms with Gasteiger partial charge in [-0.15, -0.1) is 0 Å². The normalized spacial score (nSPS) is 21.7. The summed E-state index contributed by atoms with van der Waals surface area (Å²) < 4.78 is 0. The van der Waals surface area contributed by atoms with Gasteiger partial charge in [0.25, 0.3) is 0 Å². The maximum Gasteiger partial charge on any atom is 0.228 e. The van der Waals surface area contributed by atoms with E-state index in [2.05, 4.69) is 34.1 Å². The van der Waals surface area contributed by atoms with Gasteiger partial charge in [-0.1, -0.05) is 18.6 Å². The molecule has 4 heteroatoms. The van der Waals surface area contributed by atoms with Crippen molar-refractivity contribution in [2.45, 2.75) is 38.5 Å². The Bertz CT molecular complexity index is 578. The van der Waals surface area contributed by atoms with Gasteiger partial charge in [-0.05, 0) is 56.8 Å². The van der Waals surface area contributed by atoms with Gasteiger partial charge in [0.2, 0.25) is 5.91 Å². The molecule has 0 spiro atoms. The third-order valence-corrected chi connectivity index (χ3v) is 5.67. The van der Waals surface area contributed by atoms with E-state index < -0.39 is 0 Å². The number of anilines is 2. The first-order chi connectivity index (χ1) is 11.8. The van der Waals surface area contributed by atoms with Crippen LogP contribution in [0.5, 0.6) is 0 Å². The van der Waals surface area contributed by atoms with E-state index in [4.69, 9.17) is 0 Å². The zero-order valence-electron chi connectivity index (χ0n) is 14.6. The molecule has 130 valence electrons. The number of hydrogen-bond acceptors (Lipinski definition) is 3. The van der Waals surface area contributed by atoms with Gasteiger partial charge in [0.1, 0.15) is 0 Å². The molecule has 0 atom stereocenters. The quantitative estimate of drug-likeness (QED) is 0.831. The Balaban J connectivity index is 1.41. The fraction of sp³-hybridized carbons (Fsp3) is 0.650. The Morgan fingerprint density at radius 2 is 1.71 bits per heavy atom. The number of rotatable bonds is 5. The van der Waals surface area contributed by atoms with Gasteiger partial charge in [-0.25, -0.2) is 0 Å². The Labute approximate surface area is 145 Å². The van der Waals surface area contributed by atoms with E-state index in [9.17, 15) is 4.79 Å². The first-order valence-corrected chi connectivity index (χ1v) is 9.68. The highest BCUT2D eigenvalue weighted by Gasteiger charge is 2.30. The summed E-state index contributed by atoms with van der Waals surface area (Å²) in [6.07, 6.45) is 7.32. The Hall–Kier alpha value is -1.55. The highest BCUT2D eigenvalue weighted by atomic mass is 16.2.